The van der Waals surface area contributed by atoms with Gasteiger partial charge in [0.05, 0.1) is 25.6 Å². The van der Waals surface area contributed by atoms with E-state index in [2.05, 4.69) is 25.0 Å². The van der Waals surface area contributed by atoms with Gasteiger partial charge >= 0.3 is 0 Å². The molecular formula is C16H17N5O3. The lowest BCUT2D eigenvalue weighted by molar-refractivity contribution is 0.397. The molecule has 4 heterocycles. The van der Waals surface area contributed by atoms with Crippen LogP contribution in [0.5, 0.6) is 5.88 Å². The Hall–Kier alpha value is -3.03. The molecule has 0 unspecified atom stereocenters. The zero-order valence-electron chi connectivity index (χ0n) is 13.5. The van der Waals surface area contributed by atoms with E-state index in [0.717, 1.165) is 24.6 Å². The van der Waals surface area contributed by atoms with Crippen LogP contribution in [0.3, 0.4) is 0 Å². The lowest BCUT2D eigenvalue weighted by Gasteiger charge is -2.35. The number of nitrogens with zero attached hydrogens (tertiary/aromatic N) is 5. The van der Waals surface area contributed by atoms with Crippen molar-refractivity contribution in [2.24, 2.45) is 0 Å². The number of furan rings is 1. The standard InChI is InChI=1S/C16H17N5O3/c1-20-7-8-21(11-5-6-13(22-2)17-15(11)20)10-14-18-19-16(24-14)12-4-3-9-23-12/h3-6,9H,7-8,10H2,1-2H3. The maximum atomic E-state index is 5.70. The van der Waals surface area contributed by atoms with Gasteiger partial charge in [-0.25, -0.2) is 0 Å². The molecule has 1 aliphatic rings. The summed E-state index contributed by atoms with van der Waals surface area (Å²) in [5.41, 5.74) is 1.02. The smallest absolute Gasteiger partial charge is 0.283 e. The second kappa shape index (κ2) is 5.88. The van der Waals surface area contributed by atoms with Crippen molar-refractivity contribution in [1.29, 1.82) is 0 Å². The third-order valence-electron chi connectivity index (χ3n) is 3.97. The quantitative estimate of drug-likeness (QED) is 0.721. The van der Waals surface area contributed by atoms with Crippen LogP contribution in [0.1, 0.15) is 5.89 Å². The van der Waals surface area contributed by atoms with E-state index in [0.29, 0.717) is 30.0 Å². The molecule has 0 amide bonds. The van der Waals surface area contributed by atoms with Crippen LogP contribution in [0.2, 0.25) is 0 Å². The van der Waals surface area contributed by atoms with E-state index in [4.69, 9.17) is 13.6 Å². The third kappa shape index (κ3) is 2.55. The Morgan fingerprint density at radius 3 is 2.92 bits per heavy atom. The highest BCUT2D eigenvalue weighted by Gasteiger charge is 2.24. The molecule has 0 saturated carbocycles. The molecule has 24 heavy (non-hydrogen) atoms. The van der Waals surface area contributed by atoms with Crippen molar-refractivity contribution in [2.75, 3.05) is 37.0 Å². The van der Waals surface area contributed by atoms with E-state index in [1.807, 2.05) is 19.2 Å². The number of hydrogen-bond acceptors (Lipinski definition) is 8. The first-order chi connectivity index (χ1) is 11.7. The Kier molecular flexibility index (Phi) is 3.56. The highest BCUT2D eigenvalue weighted by molar-refractivity contribution is 5.69. The van der Waals surface area contributed by atoms with Gasteiger partial charge in [-0.05, 0) is 18.2 Å². The van der Waals surface area contributed by atoms with E-state index in [-0.39, 0.29) is 0 Å². The number of fused-ring (bicyclic) bond motifs is 1. The van der Waals surface area contributed by atoms with Crippen molar-refractivity contribution in [1.82, 2.24) is 15.2 Å². The molecule has 124 valence electrons. The van der Waals surface area contributed by atoms with Crippen molar-refractivity contribution >= 4 is 11.5 Å². The van der Waals surface area contributed by atoms with Gasteiger partial charge in [-0.15, -0.1) is 10.2 Å². The second-order valence-electron chi connectivity index (χ2n) is 5.52. The topological polar surface area (TPSA) is 80.7 Å². The molecule has 0 atom stereocenters. The number of methoxy groups -OCH3 is 1. The minimum Gasteiger partial charge on any atom is -0.481 e. The Morgan fingerprint density at radius 1 is 1.21 bits per heavy atom. The van der Waals surface area contributed by atoms with Gasteiger partial charge in [0, 0.05) is 26.2 Å². The average Bonchev–Trinajstić information content (AvgIpc) is 3.28. The highest BCUT2D eigenvalue weighted by atomic mass is 16.5. The van der Waals surface area contributed by atoms with E-state index in [1.54, 1.807) is 25.5 Å². The fraction of sp³-hybridized carbons (Fsp3) is 0.312. The van der Waals surface area contributed by atoms with Crippen LogP contribution in [0.4, 0.5) is 11.5 Å². The van der Waals surface area contributed by atoms with Crippen molar-refractivity contribution in [3.8, 4) is 17.5 Å². The number of likely N-dealkylation sites (N-methyl/N-ethyl adjacent to an activating group) is 1. The molecule has 0 fully saturated rings. The molecule has 3 aromatic rings. The number of anilines is 2. The summed E-state index contributed by atoms with van der Waals surface area (Å²) in [6.07, 6.45) is 1.58. The van der Waals surface area contributed by atoms with Crippen molar-refractivity contribution in [2.45, 2.75) is 6.54 Å². The largest absolute Gasteiger partial charge is 0.481 e. The summed E-state index contributed by atoms with van der Waals surface area (Å²) in [5.74, 6) is 2.97. The summed E-state index contributed by atoms with van der Waals surface area (Å²) >= 11 is 0. The summed E-state index contributed by atoms with van der Waals surface area (Å²) < 4.78 is 16.2. The number of aromatic nitrogens is 3. The van der Waals surface area contributed by atoms with Crippen LogP contribution < -0.4 is 14.5 Å². The van der Waals surface area contributed by atoms with Gasteiger partial charge in [0.2, 0.25) is 11.8 Å². The lowest BCUT2D eigenvalue weighted by atomic mass is 10.2. The SMILES string of the molecule is COc1ccc2c(n1)N(C)CCN2Cc1nnc(-c2ccco2)o1. The van der Waals surface area contributed by atoms with E-state index >= 15 is 0 Å². The van der Waals surface area contributed by atoms with Crippen molar-refractivity contribution in [3.63, 3.8) is 0 Å². The molecule has 0 bridgehead atoms. The first kappa shape index (κ1) is 14.6. The zero-order valence-corrected chi connectivity index (χ0v) is 13.5. The molecule has 0 aromatic carbocycles. The molecule has 0 saturated heterocycles. The first-order valence-electron chi connectivity index (χ1n) is 7.62. The first-order valence-corrected chi connectivity index (χ1v) is 7.62. The highest BCUT2D eigenvalue weighted by Crippen LogP contribution is 2.33. The Balaban J connectivity index is 1.59. The molecule has 0 aliphatic carbocycles. The summed E-state index contributed by atoms with van der Waals surface area (Å²) in [6, 6.07) is 7.43. The van der Waals surface area contributed by atoms with Gasteiger partial charge in [0.1, 0.15) is 0 Å². The summed E-state index contributed by atoms with van der Waals surface area (Å²) in [4.78, 5) is 8.81. The molecule has 0 N–H and O–H groups in total. The van der Waals surface area contributed by atoms with Crippen LogP contribution in [-0.2, 0) is 6.54 Å². The van der Waals surface area contributed by atoms with Gasteiger partial charge < -0.3 is 23.4 Å². The van der Waals surface area contributed by atoms with Crippen LogP contribution in [-0.4, -0.2) is 42.4 Å². The zero-order chi connectivity index (χ0) is 16.5. The van der Waals surface area contributed by atoms with Gasteiger partial charge in [0.25, 0.3) is 5.89 Å². The summed E-state index contributed by atoms with van der Waals surface area (Å²) in [7, 11) is 3.63. The van der Waals surface area contributed by atoms with Crippen LogP contribution in [0.15, 0.2) is 39.4 Å². The molecule has 0 spiro atoms. The monoisotopic (exact) mass is 327 g/mol. The van der Waals surface area contributed by atoms with Crippen LogP contribution in [0.25, 0.3) is 11.7 Å². The number of rotatable bonds is 4. The number of ether oxygens (including phenoxy) is 1. The van der Waals surface area contributed by atoms with Crippen LogP contribution >= 0.6 is 0 Å². The molecule has 0 radical (unpaired) electrons. The molecule has 8 heteroatoms. The van der Waals surface area contributed by atoms with E-state index in [9.17, 15) is 0 Å². The van der Waals surface area contributed by atoms with E-state index in [1.165, 1.54) is 0 Å². The number of hydrogen-bond donors (Lipinski definition) is 0. The van der Waals surface area contributed by atoms with E-state index < -0.39 is 0 Å². The molecule has 1 aliphatic heterocycles. The summed E-state index contributed by atoms with van der Waals surface area (Å²) in [6.45, 7) is 2.21. The van der Waals surface area contributed by atoms with Crippen molar-refractivity contribution in [3.05, 3.63) is 36.4 Å². The maximum absolute atomic E-state index is 5.70. The molecular weight excluding hydrogens is 310 g/mol. The van der Waals surface area contributed by atoms with Crippen LogP contribution in [0, 0.1) is 0 Å². The lowest BCUT2D eigenvalue weighted by Crippen LogP contribution is -2.39. The normalized spacial score (nSPS) is 13.9. The van der Waals surface area contributed by atoms with Gasteiger partial charge in [-0.2, -0.15) is 4.98 Å². The fourth-order valence-corrected chi connectivity index (χ4v) is 2.71. The third-order valence-corrected chi connectivity index (χ3v) is 3.97. The predicted octanol–water partition coefficient (Wildman–Crippen LogP) is 2.19. The average molecular weight is 327 g/mol. The molecule has 8 nitrogen and oxygen atoms in total. The Labute approximate surface area is 138 Å². The molecule has 3 aromatic heterocycles. The van der Waals surface area contributed by atoms with Crippen molar-refractivity contribution < 1.29 is 13.6 Å². The molecule has 4 rings (SSSR count). The van der Waals surface area contributed by atoms with Gasteiger partial charge in [-0.1, -0.05) is 0 Å². The fourth-order valence-electron chi connectivity index (χ4n) is 2.71. The predicted molar refractivity (Wildman–Crippen MR) is 87.1 cm³/mol. The van der Waals surface area contributed by atoms with Gasteiger partial charge in [-0.3, -0.25) is 0 Å². The number of pyridine rings is 1. The Morgan fingerprint density at radius 2 is 2.12 bits per heavy atom. The van der Waals surface area contributed by atoms with Gasteiger partial charge in [0.15, 0.2) is 11.6 Å². The second-order valence-corrected chi connectivity index (χ2v) is 5.52. The minimum absolute atomic E-state index is 0.386. The minimum atomic E-state index is 0.386. The Bertz CT molecular complexity index is 830. The summed E-state index contributed by atoms with van der Waals surface area (Å²) in [5, 5.41) is 8.15. The maximum Gasteiger partial charge on any atom is 0.283 e.